The van der Waals surface area contributed by atoms with Gasteiger partial charge in [-0.3, -0.25) is 0 Å². The van der Waals surface area contributed by atoms with Crippen molar-refractivity contribution in [1.82, 2.24) is 0 Å². The molecule has 4 nitrogen and oxygen atoms in total. The molecule has 1 aliphatic rings. The molecule has 0 aromatic heterocycles. The third kappa shape index (κ3) is 5.46. The number of ether oxygens (including phenoxy) is 1. The number of carbonyl (C=O) groups is 1. The minimum atomic E-state index is -0.587. The highest BCUT2D eigenvalue weighted by Gasteiger charge is 2.28. The smallest absolute Gasteiger partial charge is 0.338 e. The first-order valence-corrected chi connectivity index (χ1v) is 9.21. The number of hydrogen-bond acceptors (Lipinski definition) is 4. The lowest BCUT2D eigenvalue weighted by molar-refractivity contribution is 0.0368. The summed E-state index contributed by atoms with van der Waals surface area (Å²) in [5.41, 5.74) is 2.29. The Morgan fingerprint density at radius 1 is 1.19 bits per heavy atom. The van der Waals surface area contributed by atoms with Gasteiger partial charge in [0.15, 0.2) is 0 Å². The molecule has 2 N–H and O–H groups in total. The molecule has 1 aliphatic carbocycles. The van der Waals surface area contributed by atoms with Gasteiger partial charge in [-0.25, -0.2) is 4.79 Å². The van der Waals surface area contributed by atoms with Gasteiger partial charge in [0.25, 0.3) is 0 Å². The first kappa shape index (κ1) is 20.2. The molecule has 0 fully saturated rings. The lowest BCUT2D eigenvalue weighted by atomic mass is 9.80. The summed E-state index contributed by atoms with van der Waals surface area (Å²) in [6.45, 7) is 8.13. The van der Waals surface area contributed by atoms with Crippen molar-refractivity contribution in [3.05, 3.63) is 53.1 Å². The summed E-state index contributed by atoms with van der Waals surface area (Å²) < 4.78 is 5.72. The fraction of sp³-hybridized carbons (Fsp3) is 0.500. The van der Waals surface area contributed by atoms with E-state index in [0.717, 1.165) is 24.8 Å². The largest absolute Gasteiger partial charge is 0.508 e. The molecule has 0 heterocycles. The number of carbonyl (C=O) groups excluding carboxylic acids is 1. The molecule has 0 saturated carbocycles. The Hall–Kier alpha value is -2.07. The number of aromatic hydroxyl groups is 1. The monoisotopic (exact) mass is 358 g/mol. The number of esters is 1. The van der Waals surface area contributed by atoms with Gasteiger partial charge < -0.3 is 14.9 Å². The Balaban J connectivity index is 2.25. The van der Waals surface area contributed by atoms with Crippen molar-refractivity contribution in [1.29, 1.82) is 0 Å². The molecule has 1 unspecified atom stereocenters. The molecule has 142 valence electrons. The zero-order chi connectivity index (χ0) is 19.3. The fourth-order valence-corrected chi connectivity index (χ4v) is 3.08. The van der Waals surface area contributed by atoms with E-state index in [2.05, 4.69) is 26.8 Å². The summed E-state index contributed by atoms with van der Waals surface area (Å²) in [6.07, 6.45) is 6.46. The summed E-state index contributed by atoms with van der Waals surface area (Å²) >= 11 is 0. The van der Waals surface area contributed by atoms with Crippen molar-refractivity contribution in [2.24, 2.45) is 5.41 Å². The van der Waals surface area contributed by atoms with E-state index >= 15 is 0 Å². The van der Waals surface area contributed by atoms with Crippen molar-refractivity contribution in [3.8, 4) is 5.75 Å². The molecule has 26 heavy (non-hydrogen) atoms. The van der Waals surface area contributed by atoms with E-state index in [4.69, 9.17) is 4.74 Å². The molecule has 2 atom stereocenters. The van der Waals surface area contributed by atoms with Crippen LogP contribution in [0.4, 0.5) is 0 Å². The fourth-order valence-electron chi connectivity index (χ4n) is 3.08. The molecule has 0 radical (unpaired) electrons. The predicted octanol–water partition coefficient (Wildman–Crippen LogP) is 4.77. The highest BCUT2D eigenvalue weighted by Crippen LogP contribution is 2.31. The highest BCUT2D eigenvalue weighted by atomic mass is 16.5. The Kier molecular flexibility index (Phi) is 6.65. The number of allylic oxidation sites excluding steroid dienone is 1. The summed E-state index contributed by atoms with van der Waals surface area (Å²) in [5, 5.41) is 20.0. The van der Waals surface area contributed by atoms with Gasteiger partial charge in [0.1, 0.15) is 11.9 Å². The molecule has 0 aliphatic heterocycles. The molecule has 4 heteroatoms. The van der Waals surface area contributed by atoms with Crippen LogP contribution in [0.2, 0.25) is 0 Å². The van der Waals surface area contributed by atoms with Crippen LogP contribution in [-0.4, -0.2) is 28.4 Å². The zero-order valence-electron chi connectivity index (χ0n) is 16.2. The van der Waals surface area contributed by atoms with Crippen LogP contribution in [-0.2, 0) is 4.74 Å². The van der Waals surface area contributed by atoms with Crippen LogP contribution in [0.15, 0.2) is 47.6 Å². The van der Waals surface area contributed by atoms with Gasteiger partial charge in [0.05, 0.1) is 11.7 Å². The van der Waals surface area contributed by atoms with E-state index in [0.29, 0.717) is 12.0 Å². The third-order valence-electron chi connectivity index (χ3n) is 5.15. The molecule has 0 spiro atoms. The lowest BCUT2D eigenvalue weighted by Crippen LogP contribution is -2.29. The first-order chi connectivity index (χ1) is 12.2. The second-order valence-electron chi connectivity index (χ2n) is 7.92. The predicted molar refractivity (Wildman–Crippen MR) is 103 cm³/mol. The van der Waals surface area contributed by atoms with Crippen molar-refractivity contribution in [2.45, 2.75) is 65.6 Å². The number of aliphatic hydroxyl groups excluding tert-OH is 1. The van der Waals surface area contributed by atoms with Crippen LogP contribution < -0.4 is 0 Å². The van der Waals surface area contributed by atoms with E-state index in [1.165, 1.54) is 17.7 Å². The molecule has 1 aromatic carbocycles. The van der Waals surface area contributed by atoms with Crippen LogP contribution in [0.25, 0.3) is 0 Å². The minimum absolute atomic E-state index is 0.108. The average molecular weight is 358 g/mol. The van der Waals surface area contributed by atoms with Crippen molar-refractivity contribution >= 4 is 5.97 Å². The van der Waals surface area contributed by atoms with Crippen molar-refractivity contribution in [2.75, 3.05) is 0 Å². The van der Waals surface area contributed by atoms with Crippen molar-refractivity contribution < 1.29 is 19.7 Å². The SMILES string of the molecule is CC1=CCC(OC(=O)c2ccc(O)cc2)C(C)=C[C@@H](O)C(C)(C)CCC1. The number of rotatable bonds is 2. The quantitative estimate of drug-likeness (QED) is 0.590. The molecular formula is C22H30O4. The van der Waals surface area contributed by atoms with Gasteiger partial charge in [-0.15, -0.1) is 0 Å². The summed E-state index contributed by atoms with van der Waals surface area (Å²) in [5.74, 6) is -0.325. The Bertz CT molecular complexity index is 683. The van der Waals surface area contributed by atoms with Gasteiger partial charge in [-0.2, -0.15) is 0 Å². The Labute approximate surface area is 156 Å². The van der Waals surface area contributed by atoms with Gasteiger partial charge in [-0.05, 0) is 68.4 Å². The molecule has 0 saturated heterocycles. The van der Waals surface area contributed by atoms with Crippen LogP contribution in [0, 0.1) is 5.41 Å². The highest BCUT2D eigenvalue weighted by molar-refractivity contribution is 5.89. The number of benzene rings is 1. The normalized spacial score (nSPS) is 24.0. The van der Waals surface area contributed by atoms with E-state index in [1.807, 2.05) is 13.0 Å². The first-order valence-electron chi connectivity index (χ1n) is 9.21. The second-order valence-corrected chi connectivity index (χ2v) is 7.92. The van der Waals surface area contributed by atoms with Crippen LogP contribution >= 0.6 is 0 Å². The average Bonchev–Trinajstić information content (AvgIpc) is 2.59. The maximum Gasteiger partial charge on any atom is 0.338 e. The van der Waals surface area contributed by atoms with Crippen LogP contribution in [0.1, 0.15) is 63.7 Å². The van der Waals surface area contributed by atoms with Crippen LogP contribution in [0.3, 0.4) is 0 Å². The van der Waals surface area contributed by atoms with E-state index in [9.17, 15) is 15.0 Å². The van der Waals surface area contributed by atoms with E-state index < -0.39 is 18.2 Å². The van der Waals surface area contributed by atoms with E-state index in [1.54, 1.807) is 12.1 Å². The number of hydrogen-bond donors (Lipinski definition) is 2. The number of aliphatic hydroxyl groups is 1. The number of phenols is 1. The molecular weight excluding hydrogens is 328 g/mol. The standard InChI is InChI=1S/C22H30O4/c1-15-6-5-13-22(3,4)20(24)14-16(2)19(12-7-15)26-21(25)17-8-10-18(23)11-9-17/h7-11,14,19-20,23-24H,5-6,12-13H2,1-4H3/t19?,20-/m1/s1. The van der Waals surface area contributed by atoms with E-state index in [-0.39, 0.29) is 11.2 Å². The van der Waals surface area contributed by atoms with Gasteiger partial charge >= 0.3 is 5.97 Å². The third-order valence-corrected chi connectivity index (χ3v) is 5.15. The van der Waals surface area contributed by atoms with Gasteiger partial charge in [0, 0.05) is 6.42 Å². The zero-order valence-corrected chi connectivity index (χ0v) is 16.2. The number of phenolic OH excluding ortho intramolecular Hbond substituents is 1. The Morgan fingerprint density at radius 2 is 1.85 bits per heavy atom. The Morgan fingerprint density at radius 3 is 2.50 bits per heavy atom. The molecule has 0 bridgehead atoms. The summed E-state index contributed by atoms with van der Waals surface area (Å²) in [6, 6.07) is 6.02. The van der Waals surface area contributed by atoms with Crippen LogP contribution in [0.5, 0.6) is 5.75 Å². The summed E-state index contributed by atoms with van der Waals surface area (Å²) in [4.78, 5) is 12.5. The molecule has 1 aromatic rings. The maximum absolute atomic E-state index is 12.5. The van der Waals surface area contributed by atoms with Gasteiger partial charge in [-0.1, -0.05) is 31.6 Å². The molecule has 2 rings (SSSR count). The lowest BCUT2D eigenvalue weighted by Gasteiger charge is -2.29. The molecule has 0 amide bonds. The topological polar surface area (TPSA) is 66.8 Å². The summed E-state index contributed by atoms with van der Waals surface area (Å²) in [7, 11) is 0. The van der Waals surface area contributed by atoms with Crippen molar-refractivity contribution in [3.63, 3.8) is 0 Å². The minimum Gasteiger partial charge on any atom is -0.508 e. The van der Waals surface area contributed by atoms with Gasteiger partial charge in [0.2, 0.25) is 0 Å². The maximum atomic E-state index is 12.5. The second kappa shape index (κ2) is 8.54.